The van der Waals surface area contributed by atoms with E-state index >= 15 is 0 Å². The van der Waals surface area contributed by atoms with E-state index in [1.807, 2.05) is 47.8 Å². The highest BCUT2D eigenvalue weighted by Crippen LogP contribution is 2.29. The van der Waals surface area contributed by atoms with Crippen LogP contribution in [0.15, 0.2) is 72.2 Å². The fraction of sp³-hybridized carbons (Fsp3) is 0.130. The number of amides is 1. The SMILES string of the molecule is COc1cc(NC(=O)c2cn(Cc3ccccc3)nc2-c2cccs2)cc(OC)c1. The van der Waals surface area contributed by atoms with E-state index in [1.54, 1.807) is 54.6 Å². The molecule has 6 nitrogen and oxygen atoms in total. The molecule has 2 aromatic heterocycles. The van der Waals surface area contributed by atoms with Crippen molar-refractivity contribution >= 4 is 22.9 Å². The molecule has 0 unspecified atom stereocenters. The molecule has 7 heteroatoms. The summed E-state index contributed by atoms with van der Waals surface area (Å²) < 4.78 is 12.4. The van der Waals surface area contributed by atoms with Gasteiger partial charge in [-0.3, -0.25) is 9.48 Å². The van der Waals surface area contributed by atoms with E-state index < -0.39 is 0 Å². The quantitative estimate of drug-likeness (QED) is 0.461. The molecule has 0 aliphatic rings. The molecule has 1 amide bonds. The van der Waals surface area contributed by atoms with Crippen molar-refractivity contribution < 1.29 is 14.3 Å². The van der Waals surface area contributed by atoms with Crippen LogP contribution in [0.5, 0.6) is 11.5 Å². The standard InChI is InChI=1S/C23H21N3O3S/c1-28-18-11-17(12-19(13-18)29-2)24-23(27)20-15-26(14-16-7-4-3-5-8-16)25-22(20)21-9-6-10-30-21/h3-13,15H,14H2,1-2H3,(H,24,27). The molecule has 2 aromatic carbocycles. The van der Waals surface area contributed by atoms with E-state index in [4.69, 9.17) is 14.6 Å². The smallest absolute Gasteiger partial charge is 0.259 e. The largest absolute Gasteiger partial charge is 0.497 e. The van der Waals surface area contributed by atoms with Gasteiger partial charge in [-0.2, -0.15) is 5.10 Å². The van der Waals surface area contributed by atoms with Crippen LogP contribution in [0, 0.1) is 0 Å². The molecular weight excluding hydrogens is 398 g/mol. The topological polar surface area (TPSA) is 65.4 Å². The van der Waals surface area contributed by atoms with Gasteiger partial charge in [0.05, 0.1) is 31.2 Å². The van der Waals surface area contributed by atoms with Gasteiger partial charge >= 0.3 is 0 Å². The molecule has 0 bridgehead atoms. The number of aromatic nitrogens is 2. The fourth-order valence-corrected chi connectivity index (χ4v) is 3.84. The van der Waals surface area contributed by atoms with Crippen LogP contribution in [0.3, 0.4) is 0 Å². The summed E-state index contributed by atoms with van der Waals surface area (Å²) in [5.74, 6) is 0.957. The maximum absolute atomic E-state index is 13.2. The van der Waals surface area contributed by atoms with Crippen LogP contribution in [0.2, 0.25) is 0 Å². The van der Waals surface area contributed by atoms with Crippen LogP contribution in [0.1, 0.15) is 15.9 Å². The van der Waals surface area contributed by atoms with Gasteiger partial charge in [0.2, 0.25) is 0 Å². The Kier molecular flexibility index (Phi) is 5.81. The lowest BCUT2D eigenvalue weighted by atomic mass is 10.2. The minimum atomic E-state index is -0.243. The highest BCUT2D eigenvalue weighted by molar-refractivity contribution is 7.13. The van der Waals surface area contributed by atoms with Gasteiger partial charge in [-0.05, 0) is 17.0 Å². The summed E-state index contributed by atoms with van der Waals surface area (Å²) in [5, 5.41) is 9.61. The van der Waals surface area contributed by atoms with Crippen molar-refractivity contribution in [3.8, 4) is 22.1 Å². The zero-order valence-corrected chi connectivity index (χ0v) is 17.5. The van der Waals surface area contributed by atoms with Crippen LogP contribution in [-0.4, -0.2) is 29.9 Å². The number of carbonyl (C=O) groups is 1. The Bertz CT molecular complexity index is 1120. The summed E-state index contributed by atoms with van der Waals surface area (Å²) in [5.41, 5.74) is 2.87. The number of rotatable bonds is 7. The second-order valence-corrected chi connectivity index (χ2v) is 7.56. The number of hydrogen-bond acceptors (Lipinski definition) is 5. The summed E-state index contributed by atoms with van der Waals surface area (Å²) in [4.78, 5) is 14.1. The molecule has 0 saturated carbocycles. The number of anilines is 1. The molecule has 4 aromatic rings. The summed E-state index contributed by atoms with van der Waals surface area (Å²) in [6.45, 7) is 0.583. The zero-order chi connectivity index (χ0) is 20.9. The number of methoxy groups -OCH3 is 2. The minimum Gasteiger partial charge on any atom is -0.497 e. The number of thiophene rings is 1. The molecule has 152 valence electrons. The van der Waals surface area contributed by atoms with Gasteiger partial charge in [0.1, 0.15) is 17.2 Å². The van der Waals surface area contributed by atoms with E-state index in [1.165, 1.54) is 0 Å². The van der Waals surface area contributed by atoms with Crippen molar-refractivity contribution in [1.82, 2.24) is 9.78 Å². The molecular formula is C23H21N3O3S. The van der Waals surface area contributed by atoms with Crippen LogP contribution < -0.4 is 14.8 Å². The van der Waals surface area contributed by atoms with E-state index in [-0.39, 0.29) is 5.91 Å². The molecule has 0 aliphatic heterocycles. The third-order valence-electron chi connectivity index (χ3n) is 4.56. The first kappa shape index (κ1) is 19.7. The second kappa shape index (κ2) is 8.84. The zero-order valence-electron chi connectivity index (χ0n) is 16.7. The minimum absolute atomic E-state index is 0.243. The van der Waals surface area contributed by atoms with Crippen molar-refractivity contribution in [3.05, 3.63) is 83.4 Å². The predicted molar refractivity (Wildman–Crippen MR) is 119 cm³/mol. The molecule has 0 aliphatic carbocycles. The van der Waals surface area contributed by atoms with Crippen molar-refractivity contribution in [2.45, 2.75) is 6.54 Å². The lowest BCUT2D eigenvalue weighted by Gasteiger charge is -2.09. The second-order valence-electron chi connectivity index (χ2n) is 6.61. The van der Waals surface area contributed by atoms with Gasteiger partial charge in [-0.25, -0.2) is 0 Å². The monoisotopic (exact) mass is 419 g/mol. The molecule has 0 radical (unpaired) electrons. The van der Waals surface area contributed by atoms with Crippen molar-refractivity contribution in [2.75, 3.05) is 19.5 Å². The third kappa shape index (κ3) is 4.36. The number of ether oxygens (including phenoxy) is 2. The van der Waals surface area contributed by atoms with Gasteiger partial charge < -0.3 is 14.8 Å². The average Bonchev–Trinajstić information content (AvgIpc) is 3.44. The summed E-state index contributed by atoms with van der Waals surface area (Å²) in [6.07, 6.45) is 1.79. The van der Waals surface area contributed by atoms with Crippen LogP contribution in [0.25, 0.3) is 10.6 Å². The van der Waals surface area contributed by atoms with Crippen molar-refractivity contribution in [2.24, 2.45) is 0 Å². The number of benzene rings is 2. The van der Waals surface area contributed by atoms with Crippen molar-refractivity contribution in [3.63, 3.8) is 0 Å². The summed E-state index contributed by atoms with van der Waals surface area (Å²) in [6, 6.07) is 19.2. The maximum atomic E-state index is 13.2. The average molecular weight is 420 g/mol. The van der Waals surface area contributed by atoms with Gasteiger partial charge in [-0.15, -0.1) is 11.3 Å². The Morgan fingerprint density at radius 3 is 2.40 bits per heavy atom. The fourth-order valence-electron chi connectivity index (χ4n) is 3.11. The summed E-state index contributed by atoms with van der Waals surface area (Å²) >= 11 is 1.55. The molecule has 2 heterocycles. The van der Waals surface area contributed by atoms with E-state index in [0.29, 0.717) is 35.0 Å². The summed E-state index contributed by atoms with van der Waals surface area (Å²) in [7, 11) is 3.14. The molecule has 0 atom stereocenters. The lowest BCUT2D eigenvalue weighted by Crippen LogP contribution is -2.12. The van der Waals surface area contributed by atoms with Gasteiger partial charge in [0, 0.05) is 30.1 Å². The number of hydrogen-bond donors (Lipinski definition) is 1. The van der Waals surface area contributed by atoms with Crippen LogP contribution >= 0.6 is 11.3 Å². The number of nitrogens with zero attached hydrogens (tertiary/aromatic N) is 2. The van der Waals surface area contributed by atoms with E-state index in [0.717, 1.165) is 10.4 Å². The first-order valence-corrected chi connectivity index (χ1v) is 10.2. The molecule has 1 N–H and O–H groups in total. The highest BCUT2D eigenvalue weighted by atomic mass is 32.1. The van der Waals surface area contributed by atoms with E-state index in [9.17, 15) is 4.79 Å². The first-order valence-electron chi connectivity index (χ1n) is 9.36. The Morgan fingerprint density at radius 2 is 1.77 bits per heavy atom. The Morgan fingerprint density at radius 1 is 1.03 bits per heavy atom. The Balaban J connectivity index is 1.66. The van der Waals surface area contributed by atoms with Crippen LogP contribution in [-0.2, 0) is 6.54 Å². The van der Waals surface area contributed by atoms with Gasteiger partial charge in [0.25, 0.3) is 5.91 Å². The number of nitrogens with one attached hydrogen (secondary N) is 1. The number of carbonyl (C=O) groups excluding carboxylic acids is 1. The third-order valence-corrected chi connectivity index (χ3v) is 5.43. The molecule has 0 saturated heterocycles. The molecule has 30 heavy (non-hydrogen) atoms. The first-order chi connectivity index (χ1) is 14.7. The maximum Gasteiger partial charge on any atom is 0.259 e. The predicted octanol–water partition coefficient (Wildman–Crippen LogP) is 4.93. The van der Waals surface area contributed by atoms with Crippen LogP contribution in [0.4, 0.5) is 5.69 Å². The Labute approximate surface area is 178 Å². The van der Waals surface area contributed by atoms with Gasteiger partial charge in [-0.1, -0.05) is 36.4 Å². The molecule has 0 fully saturated rings. The molecule has 4 rings (SSSR count). The Hall–Kier alpha value is -3.58. The van der Waals surface area contributed by atoms with E-state index in [2.05, 4.69) is 5.32 Å². The molecule has 0 spiro atoms. The van der Waals surface area contributed by atoms with Gasteiger partial charge in [0.15, 0.2) is 0 Å². The normalized spacial score (nSPS) is 10.6. The highest BCUT2D eigenvalue weighted by Gasteiger charge is 2.19. The van der Waals surface area contributed by atoms with Crippen molar-refractivity contribution in [1.29, 1.82) is 0 Å². The lowest BCUT2D eigenvalue weighted by molar-refractivity contribution is 0.102.